The Morgan fingerprint density at radius 1 is 1.29 bits per heavy atom. The Morgan fingerprint density at radius 3 is 2.79 bits per heavy atom. The zero-order chi connectivity index (χ0) is 16.9. The molecule has 1 N–H and O–H groups in total. The first-order valence-corrected chi connectivity index (χ1v) is 9.34. The van der Waals surface area contributed by atoms with Crippen molar-refractivity contribution in [1.82, 2.24) is 10.2 Å². The van der Waals surface area contributed by atoms with E-state index in [-0.39, 0.29) is 0 Å². The lowest BCUT2D eigenvalue weighted by molar-refractivity contribution is -0.134. The summed E-state index contributed by atoms with van der Waals surface area (Å²) in [4.78, 5) is 14.6. The monoisotopic (exact) mass is 330 g/mol. The first kappa shape index (κ1) is 17.3. The predicted octanol–water partition coefficient (Wildman–Crippen LogP) is 3.01. The Balaban J connectivity index is 1.49. The third kappa shape index (κ3) is 4.10. The van der Waals surface area contributed by atoms with E-state index in [1.807, 2.05) is 12.1 Å². The third-order valence-electron chi connectivity index (χ3n) is 5.44. The first-order valence-electron chi connectivity index (χ1n) is 9.34. The van der Waals surface area contributed by atoms with E-state index >= 15 is 0 Å². The molecule has 1 aliphatic heterocycles. The van der Waals surface area contributed by atoms with Gasteiger partial charge in [0.1, 0.15) is 5.75 Å². The van der Waals surface area contributed by atoms with Crippen LogP contribution in [0.5, 0.6) is 5.75 Å². The Labute approximate surface area is 145 Å². The van der Waals surface area contributed by atoms with Gasteiger partial charge < -0.3 is 15.0 Å². The normalized spacial score (nSPS) is 22.8. The molecule has 2 unspecified atom stereocenters. The molecule has 24 heavy (non-hydrogen) atoms. The SMILES string of the molecule is COc1ccccc1CC(C)NC1CCN(C(=O)C2CCCC2)C1. The van der Waals surface area contributed by atoms with Crippen LogP contribution < -0.4 is 10.1 Å². The summed E-state index contributed by atoms with van der Waals surface area (Å²) in [5.41, 5.74) is 1.23. The van der Waals surface area contributed by atoms with Crippen LogP contribution in [0.1, 0.15) is 44.6 Å². The lowest BCUT2D eigenvalue weighted by Gasteiger charge is -2.23. The molecular weight excluding hydrogens is 300 g/mol. The van der Waals surface area contributed by atoms with Gasteiger partial charge in [-0.1, -0.05) is 31.0 Å². The van der Waals surface area contributed by atoms with Gasteiger partial charge in [-0.2, -0.15) is 0 Å². The molecule has 1 saturated heterocycles. The Bertz CT molecular complexity index is 554. The summed E-state index contributed by atoms with van der Waals surface area (Å²) in [6.07, 6.45) is 6.64. The van der Waals surface area contributed by atoms with Crippen molar-refractivity contribution >= 4 is 5.91 Å². The van der Waals surface area contributed by atoms with Crippen LogP contribution in [0.25, 0.3) is 0 Å². The van der Waals surface area contributed by atoms with E-state index < -0.39 is 0 Å². The van der Waals surface area contributed by atoms with Gasteiger partial charge >= 0.3 is 0 Å². The summed E-state index contributed by atoms with van der Waals surface area (Å²) in [5, 5.41) is 3.70. The van der Waals surface area contributed by atoms with Crippen LogP contribution in [-0.2, 0) is 11.2 Å². The molecule has 4 nitrogen and oxygen atoms in total. The number of hydrogen-bond acceptors (Lipinski definition) is 3. The van der Waals surface area contributed by atoms with Crippen LogP contribution in [0.15, 0.2) is 24.3 Å². The van der Waals surface area contributed by atoms with E-state index in [0.717, 1.165) is 44.5 Å². The summed E-state index contributed by atoms with van der Waals surface area (Å²) < 4.78 is 5.44. The van der Waals surface area contributed by atoms with Crippen molar-refractivity contribution < 1.29 is 9.53 Å². The maximum absolute atomic E-state index is 12.5. The number of nitrogens with zero attached hydrogens (tertiary/aromatic N) is 1. The highest BCUT2D eigenvalue weighted by Crippen LogP contribution is 2.28. The first-order chi connectivity index (χ1) is 11.7. The van der Waals surface area contributed by atoms with Crippen LogP contribution >= 0.6 is 0 Å². The van der Waals surface area contributed by atoms with Gasteiger partial charge in [0.2, 0.25) is 5.91 Å². The van der Waals surface area contributed by atoms with Gasteiger partial charge in [-0.15, -0.1) is 0 Å². The number of carbonyl (C=O) groups is 1. The van der Waals surface area contributed by atoms with Crippen LogP contribution in [0.4, 0.5) is 0 Å². The third-order valence-corrected chi connectivity index (χ3v) is 5.44. The van der Waals surface area contributed by atoms with E-state index in [9.17, 15) is 4.79 Å². The lowest BCUT2D eigenvalue weighted by Crippen LogP contribution is -2.41. The molecule has 1 aliphatic carbocycles. The van der Waals surface area contributed by atoms with Gasteiger partial charge in [0, 0.05) is 31.1 Å². The molecule has 1 aromatic rings. The van der Waals surface area contributed by atoms with Gasteiger partial charge in [0.25, 0.3) is 0 Å². The number of para-hydroxylation sites is 1. The van der Waals surface area contributed by atoms with E-state index in [1.54, 1.807) is 7.11 Å². The quantitative estimate of drug-likeness (QED) is 0.872. The molecule has 4 heteroatoms. The minimum Gasteiger partial charge on any atom is -0.496 e. The number of methoxy groups -OCH3 is 1. The van der Waals surface area contributed by atoms with Crippen molar-refractivity contribution in [3.8, 4) is 5.75 Å². The molecule has 2 atom stereocenters. The Hall–Kier alpha value is -1.55. The molecule has 0 radical (unpaired) electrons. The Kier molecular flexibility index (Phi) is 5.77. The second-order valence-electron chi connectivity index (χ2n) is 7.33. The van der Waals surface area contributed by atoms with Crippen molar-refractivity contribution in [2.45, 2.75) is 57.5 Å². The maximum atomic E-state index is 12.5. The number of benzene rings is 1. The van der Waals surface area contributed by atoms with Crippen molar-refractivity contribution in [2.24, 2.45) is 5.92 Å². The molecular formula is C20H30N2O2. The molecule has 0 bridgehead atoms. The van der Waals surface area contributed by atoms with Crippen molar-refractivity contribution in [3.63, 3.8) is 0 Å². The molecule has 1 saturated carbocycles. The standard InChI is InChI=1S/C20H30N2O2/c1-15(13-17-9-5-6-10-19(17)24-2)21-18-11-12-22(14-18)20(23)16-7-3-4-8-16/h5-6,9-10,15-16,18,21H,3-4,7-8,11-14H2,1-2H3. The number of hydrogen-bond donors (Lipinski definition) is 1. The van der Waals surface area contributed by atoms with Gasteiger partial charge in [-0.3, -0.25) is 4.79 Å². The average molecular weight is 330 g/mol. The molecule has 1 amide bonds. The highest BCUT2D eigenvalue weighted by Gasteiger charge is 2.32. The number of likely N-dealkylation sites (tertiary alicyclic amines) is 1. The van der Waals surface area contributed by atoms with Crippen molar-refractivity contribution in [1.29, 1.82) is 0 Å². The van der Waals surface area contributed by atoms with Gasteiger partial charge in [0.05, 0.1) is 7.11 Å². The number of ether oxygens (including phenoxy) is 1. The number of amides is 1. The predicted molar refractivity (Wildman–Crippen MR) is 96.2 cm³/mol. The van der Waals surface area contributed by atoms with Crippen molar-refractivity contribution in [3.05, 3.63) is 29.8 Å². The summed E-state index contributed by atoms with van der Waals surface area (Å²) in [6.45, 7) is 3.99. The maximum Gasteiger partial charge on any atom is 0.225 e. The lowest BCUT2D eigenvalue weighted by atomic mass is 10.0. The highest BCUT2D eigenvalue weighted by molar-refractivity contribution is 5.79. The Morgan fingerprint density at radius 2 is 2.04 bits per heavy atom. The molecule has 132 valence electrons. The van der Waals surface area contributed by atoms with E-state index in [4.69, 9.17) is 4.74 Å². The van der Waals surface area contributed by atoms with Gasteiger partial charge in [-0.25, -0.2) is 0 Å². The second kappa shape index (κ2) is 8.02. The zero-order valence-corrected chi connectivity index (χ0v) is 15.0. The topological polar surface area (TPSA) is 41.6 Å². The van der Waals surface area contributed by atoms with Gasteiger partial charge in [-0.05, 0) is 44.2 Å². The summed E-state index contributed by atoms with van der Waals surface area (Å²) in [7, 11) is 1.72. The van der Waals surface area contributed by atoms with Crippen LogP contribution in [-0.4, -0.2) is 43.1 Å². The summed E-state index contributed by atoms with van der Waals surface area (Å²) in [6, 6.07) is 8.99. The summed E-state index contributed by atoms with van der Waals surface area (Å²) >= 11 is 0. The number of carbonyl (C=O) groups excluding carboxylic acids is 1. The van der Waals surface area contributed by atoms with E-state index in [2.05, 4.69) is 29.3 Å². The largest absolute Gasteiger partial charge is 0.496 e. The average Bonchev–Trinajstić information content (AvgIpc) is 3.26. The van der Waals surface area contributed by atoms with Gasteiger partial charge in [0.15, 0.2) is 0 Å². The molecule has 0 spiro atoms. The second-order valence-corrected chi connectivity index (χ2v) is 7.33. The van der Waals surface area contributed by atoms with Crippen LogP contribution in [0, 0.1) is 5.92 Å². The molecule has 1 aromatic carbocycles. The summed E-state index contributed by atoms with van der Waals surface area (Å²) in [5.74, 6) is 1.65. The smallest absolute Gasteiger partial charge is 0.225 e. The molecule has 2 fully saturated rings. The van der Waals surface area contributed by atoms with Crippen LogP contribution in [0.3, 0.4) is 0 Å². The number of rotatable bonds is 6. The van der Waals surface area contributed by atoms with E-state index in [0.29, 0.717) is 23.9 Å². The van der Waals surface area contributed by atoms with Crippen molar-refractivity contribution in [2.75, 3.05) is 20.2 Å². The molecule has 2 aliphatic rings. The fourth-order valence-corrected chi connectivity index (χ4v) is 4.19. The fourth-order valence-electron chi connectivity index (χ4n) is 4.19. The minimum atomic E-state index is 0.301. The molecule has 3 rings (SSSR count). The van der Waals surface area contributed by atoms with E-state index in [1.165, 1.54) is 18.4 Å². The molecule has 1 heterocycles. The molecule has 0 aromatic heterocycles. The number of nitrogens with one attached hydrogen (secondary N) is 1. The van der Waals surface area contributed by atoms with Crippen LogP contribution in [0.2, 0.25) is 0 Å². The zero-order valence-electron chi connectivity index (χ0n) is 15.0. The fraction of sp³-hybridized carbons (Fsp3) is 0.650. The highest BCUT2D eigenvalue weighted by atomic mass is 16.5. The minimum absolute atomic E-state index is 0.301.